The van der Waals surface area contributed by atoms with E-state index >= 15 is 0 Å². The van der Waals surface area contributed by atoms with Crippen molar-refractivity contribution in [3.63, 3.8) is 0 Å². The number of imide groups is 1. The maximum absolute atomic E-state index is 13.0. The van der Waals surface area contributed by atoms with Crippen LogP contribution >= 0.6 is 11.6 Å². The molecule has 0 spiro atoms. The molecule has 1 aliphatic rings. The second-order valence-corrected chi connectivity index (χ2v) is 8.43. The van der Waals surface area contributed by atoms with Crippen LogP contribution in [0.3, 0.4) is 0 Å². The van der Waals surface area contributed by atoms with E-state index in [0.717, 1.165) is 21.6 Å². The summed E-state index contributed by atoms with van der Waals surface area (Å²) in [5.41, 5.74) is 3.83. The van der Waals surface area contributed by atoms with Gasteiger partial charge in [-0.05, 0) is 73.9 Å². The van der Waals surface area contributed by atoms with Gasteiger partial charge in [0.2, 0.25) is 0 Å². The van der Waals surface area contributed by atoms with E-state index in [9.17, 15) is 14.4 Å². The van der Waals surface area contributed by atoms with Crippen LogP contribution in [0.5, 0.6) is 11.5 Å². The van der Waals surface area contributed by atoms with E-state index in [2.05, 4.69) is 5.32 Å². The number of ether oxygens (including phenoxy) is 2. The number of esters is 1. The van der Waals surface area contributed by atoms with Gasteiger partial charge in [-0.15, -0.1) is 0 Å². The minimum absolute atomic E-state index is 0.0658. The molecule has 0 unspecified atom stereocenters. The quantitative estimate of drug-likeness (QED) is 0.287. The molecule has 1 aliphatic heterocycles. The van der Waals surface area contributed by atoms with Crippen molar-refractivity contribution in [1.82, 2.24) is 0 Å². The lowest BCUT2D eigenvalue weighted by atomic mass is 10.1. The molecule has 0 radical (unpaired) electrons. The lowest BCUT2D eigenvalue weighted by Crippen LogP contribution is -2.32. The Kier molecular flexibility index (Phi) is 6.62. The van der Waals surface area contributed by atoms with Gasteiger partial charge in [0, 0.05) is 5.69 Å². The SMILES string of the molecule is COc1ccccc1N1C(=O)C(Cl)=C(Nc2ccc(C(=O)Oc3c(C)ccc(C)c3C)cc2)C1=O. The van der Waals surface area contributed by atoms with E-state index in [1.807, 2.05) is 32.9 Å². The van der Waals surface area contributed by atoms with Crippen molar-refractivity contribution >= 4 is 40.8 Å². The minimum atomic E-state index is -0.659. The largest absolute Gasteiger partial charge is 0.495 e. The molecule has 1 heterocycles. The highest BCUT2D eigenvalue weighted by molar-refractivity contribution is 6.53. The number of aryl methyl sites for hydroxylation is 2. The van der Waals surface area contributed by atoms with Gasteiger partial charge < -0.3 is 14.8 Å². The van der Waals surface area contributed by atoms with Crippen LogP contribution in [-0.2, 0) is 9.59 Å². The first-order valence-electron chi connectivity index (χ1n) is 10.8. The summed E-state index contributed by atoms with van der Waals surface area (Å²) < 4.78 is 10.9. The molecular weight excluding hydrogens is 468 g/mol. The Bertz CT molecular complexity index is 1380. The maximum atomic E-state index is 13.0. The fourth-order valence-corrected chi connectivity index (χ4v) is 3.93. The van der Waals surface area contributed by atoms with E-state index in [0.29, 0.717) is 28.4 Å². The zero-order chi connectivity index (χ0) is 25.3. The first-order chi connectivity index (χ1) is 16.7. The van der Waals surface area contributed by atoms with E-state index in [1.165, 1.54) is 7.11 Å². The molecule has 0 bridgehead atoms. The normalized spacial score (nSPS) is 13.3. The molecule has 2 amide bonds. The third-order valence-electron chi connectivity index (χ3n) is 5.81. The highest BCUT2D eigenvalue weighted by atomic mass is 35.5. The van der Waals surface area contributed by atoms with Gasteiger partial charge in [-0.1, -0.05) is 35.9 Å². The second kappa shape index (κ2) is 9.64. The standard InChI is InChI=1S/C27H23ClN2O5/c1-15-9-10-16(2)24(17(15)3)35-27(33)18-11-13-19(14-12-18)29-23-22(28)25(31)30(26(23)32)20-7-5-6-8-21(20)34-4/h5-14,29H,1-4H3. The van der Waals surface area contributed by atoms with Crippen molar-refractivity contribution in [2.75, 3.05) is 17.3 Å². The summed E-state index contributed by atoms with van der Waals surface area (Å²) in [6, 6.07) is 16.9. The number of methoxy groups -OCH3 is 1. The van der Waals surface area contributed by atoms with Gasteiger partial charge in [0.1, 0.15) is 22.2 Å². The van der Waals surface area contributed by atoms with Crippen LogP contribution in [0.15, 0.2) is 71.4 Å². The van der Waals surface area contributed by atoms with Crippen LogP contribution in [0.2, 0.25) is 0 Å². The number of nitrogens with zero attached hydrogens (tertiary/aromatic N) is 1. The fraction of sp³-hybridized carbons (Fsp3) is 0.148. The zero-order valence-electron chi connectivity index (χ0n) is 19.6. The molecule has 0 aromatic heterocycles. The van der Waals surface area contributed by atoms with Crippen molar-refractivity contribution in [1.29, 1.82) is 0 Å². The summed E-state index contributed by atoms with van der Waals surface area (Å²) in [6.07, 6.45) is 0. The van der Waals surface area contributed by atoms with Gasteiger partial charge in [0.25, 0.3) is 11.8 Å². The molecular formula is C27H23ClN2O5. The molecule has 0 saturated carbocycles. The average molecular weight is 491 g/mol. The number of benzene rings is 3. The Hall–Kier alpha value is -4.10. The van der Waals surface area contributed by atoms with Crippen molar-refractivity contribution in [3.8, 4) is 11.5 Å². The lowest BCUT2D eigenvalue weighted by Gasteiger charge is -2.18. The smallest absolute Gasteiger partial charge is 0.343 e. The summed E-state index contributed by atoms with van der Waals surface area (Å²) in [7, 11) is 1.45. The van der Waals surface area contributed by atoms with E-state index in [4.69, 9.17) is 21.1 Å². The first-order valence-corrected chi connectivity index (χ1v) is 11.2. The van der Waals surface area contributed by atoms with E-state index < -0.39 is 17.8 Å². The topological polar surface area (TPSA) is 84.9 Å². The van der Waals surface area contributed by atoms with Crippen LogP contribution in [-0.4, -0.2) is 24.9 Å². The van der Waals surface area contributed by atoms with Gasteiger partial charge >= 0.3 is 5.97 Å². The second-order valence-electron chi connectivity index (χ2n) is 8.05. The highest BCUT2D eigenvalue weighted by Crippen LogP contribution is 2.35. The first kappa shape index (κ1) is 24.0. The number of amides is 2. The van der Waals surface area contributed by atoms with Gasteiger partial charge in [0.15, 0.2) is 0 Å². The van der Waals surface area contributed by atoms with Crippen LogP contribution in [0.4, 0.5) is 11.4 Å². The Labute approximate surface area is 207 Å². The number of halogens is 1. The Morgan fingerprint density at radius 2 is 1.54 bits per heavy atom. The summed E-state index contributed by atoms with van der Waals surface area (Å²) in [6.45, 7) is 5.74. The number of hydrogen-bond donors (Lipinski definition) is 1. The molecule has 0 atom stereocenters. The average Bonchev–Trinajstić information content (AvgIpc) is 3.07. The van der Waals surface area contributed by atoms with Gasteiger partial charge in [-0.2, -0.15) is 0 Å². The molecule has 0 fully saturated rings. The molecule has 3 aromatic rings. The minimum Gasteiger partial charge on any atom is -0.495 e. The molecule has 0 saturated heterocycles. The van der Waals surface area contributed by atoms with Gasteiger partial charge in [-0.3, -0.25) is 9.59 Å². The van der Waals surface area contributed by atoms with Crippen molar-refractivity contribution in [3.05, 3.63) is 93.6 Å². The Morgan fingerprint density at radius 1 is 0.886 bits per heavy atom. The summed E-state index contributed by atoms with van der Waals surface area (Å²) in [5.74, 6) is -0.867. The van der Waals surface area contributed by atoms with Crippen LogP contribution < -0.4 is 19.7 Å². The Balaban J connectivity index is 1.52. The number of hydrogen-bond acceptors (Lipinski definition) is 6. The highest BCUT2D eigenvalue weighted by Gasteiger charge is 2.40. The third kappa shape index (κ3) is 4.50. The van der Waals surface area contributed by atoms with E-state index in [-0.39, 0.29) is 10.7 Å². The molecule has 1 N–H and O–H groups in total. The molecule has 178 valence electrons. The third-order valence-corrected chi connectivity index (χ3v) is 6.16. The van der Waals surface area contributed by atoms with Crippen molar-refractivity contribution in [2.45, 2.75) is 20.8 Å². The summed E-state index contributed by atoms with van der Waals surface area (Å²) >= 11 is 6.22. The molecule has 4 rings (SSSR count). The number of nitrogens with one attached hydrogen (secondary N) is 1. The van der Waals surface area contributed by atoms with E-state index in [1.54, 1.807) is 48.5 Å². The summed E-state index contributed by atoms with van der Waals surface area (Å²) in [4.78, 5) is 39.4. The van der Waals surface area contributed by atoms with Gasteiger partial charge in [-0.25, -0.2) is 9.69 Å². The lowest BCUT2D eigenvalue weighted by molar-refractivity contribution is -0.120. The molecule has 0 aliphatic carbocycles. The predicted octanol–water partition coefficient (Wildman–Crippen LogP) is 5.28. The van der Waals surface area contributed by atoms with Gasteiger partial charge in [0.05, 0.1) is 18.4 Å². The molecule has 7 nitrogen and oxygen atoms in total. The monoisotopic (exact) mass is 490 g/mol. The molecule has 3 aromatic carbocycles. The maximum Gasteiger partial charge on any atom is 0.343 e. The van der Waals surface area contributed by atoms with Crippen molar-refractivity contribution in [2.24, 2.45) is 0 Å². The number of carbonyl (C=O) groups is 3. The van der Waals surface area contributed by atoms with Crippen molar-refractivity contribution < 1.29 is 23.9 Å². The fourth-order valence-electron chi connectivity index (χ4n) is 3.71. The number of anilines is 2. The van der Waals surface area contributed by atoms with Crippen LogP contribution in [0.25, 0.3) is 0 Å². The molecule has 35 heavy (non-hydrogen) atoms. The predicted molar refractivity (Wildman–Crippen MR) is 134 cm³/mol. The summed E-state index contributed by atoms with van der Waals surface area (Å²) in [5, 5.41) is 2.65. The Morgan fingerprint density at radius 3 is 2.23 bits per heavy atom. The zero-order valence-corrected chi connectivity index (χ0v) is 20.4. The van der Waals surface area contributed by atoms with Crippen LogP contribution in [0, 0.1) is 20.8 Å². The number of para-hydroxylation sites is 2. The van der Waals surface area contributed by atoms with Crippen LogP contribution in [0.1, 0.15) is 27.0 Å². The number of carbonyl (C=O) groups excluding carboxylic acids is 3. The molecule has 8 heteroatoms. The number of rotatable bonds is 6.